The van der Waals surface area contributed by atoms with Gasteiger partial charge in [0.25, 0.3) is 0 Å². The maximum atomic E-state index is 13.2. The van der Waals surface area contributed by atoms with E-state index in [1.165, 1.54) is 23.1 Å². The molecule has 0 radical (unpaired) electrons. The predicted octanol–water partition coefficient (Wildman–Crippen LogP) is 3.37. The number of methoxy groups -OCH3 is 1. The summed E-state index contributed by atoms with van der Waals surface area (Å²) >= 11 is 5.70. The molecule has 3 amide bonds. The highest BCUT2D eigenvalue weighted by Gasteiger charge is 2.32. The number of anilines is 2. The molecule has 1 N–H and O–H groups in total. The molecule has 0 saturated carbocycles. The van der Waals surface area contributed by atoms with Crippen molar-refractivity contribution in [2.75, 3.05) is 37.0 Å². The molecule has 0 bridgehead atoms. The van der Waals surface area contributed by atoms with Crippen LogP contribution in [0.25, 0.3) is 0 Å². The molecule has 0 aromatic heterocycles. The molecule has 1 aliphatic rings. The highest BCUT2D eigenvalue weighted by atomic mass is 35.5. The highest BCUT2D eigenvalue weighted by Crippen LogP contribution is 2.30. The fraction of sp³-hybridized carbons (Fsp3) is 0.222. The van der Waals surface area contributed by atoms with Gasteiger partial charge >= 0.3 is 6.03 Å². The molecule has 26 heavy (non-hydrogen) atoms. The molecule has 0 aliphatic carbocycles. The first-order chi connectivity index (χ1) is 12.5. The van der Waals surface area contributed by atoms with Crippen LogP contribution in [0.15, 0.2) is 42.5 Å². The number of carbonyl (C=O) groups is 2. The third kappa shape index (κ3) is 3.72. The third-order valence-electron chi connectivity index (χ3n) is 4.01. The number of benzene rings is 2. The third-order valence-corrected chi connectivity index (χ3v) is 4.30. The van der Waals surface area contributed by atoms with Crippen molar-refractivity contribution in [2.45, 2.75) is 0 Å². The number of nitrogens with zero attached hydrogens (tertiary/aromatic N) is 2. The Hall–Kier alpha value is -2.80. The monoisotopic (exact) mass is 377 g/mol. The van der Waals surface area contributed by atoms with Gasteiger partial charge in [0.1, 0.15) is 18.1 Å². The van der Waals surface area contributed by atoms with Crippen LogP contribution in [0.3, 0.4) is 0 Å². The first kappa shape index (κ1) is 18.0. The van der Waals surface area contributed by atoms with E-state index in [0.717, 1.165) is 0 Å². The Morgan fingerprint density at radius 3 is 2.77 bits per heavy atom. The summed E-state index contributed by atoms with van der Waals surface area (Å²) in [6.07, 6.45) is 0. The fourth-order valence-electron chi connectivity index (χ4n) is 2.75. The lowest BCUT2D eigenvalue weighted by Crippen LogP contribution is -2.37. The van der Waals surface area contributed by atoms with Crippen LogP contribution in [0.2, 0.25) is 5.02 Å². The smallest absolute Gasteiger partial charge is 0.325 e. The van der Waals surface area contributed by atoms with Gasteiger partial charge in [-0.15, -0.1) is 0 Å². The quantitative estimate of drug-likeness (QED) is 0.869. The van der Waals surface area contributed by atoms with E-state index in [2.05, 4.69) is 5.32 Å². The van der Waals surface area contributed by atoms with Crippen LogP contribution < -0.4 is 15.0 Å². The number of hydrogen-bond donors (Lipinski definition) is 1. The zero-order chi connectivity index (χ0) is 18.7. The minimum atomic E-state index is -0.563. The normalized spacial score (nSPS) is 13.9. The average Bonchev–Trinajstić information content (AvgIpc) is 2.98. The predicted molar refractivity (Wildman–Crippen MR) is 97.3 cm³/mol. The van der Waals surface area contributed by atoms with Gasteiger partial charge in [-0.25, -0.2) is 9.18 Å². The zero-order valence-electron chi connectivity index (χ0n) is 14.0. The van der Waals surface area contributed by atoms with E-state index in [9.17, 15) is 14.0 Å². The molecule has 136 valence electrons. The summed E-state index contributed by atoms with van der Waals surface area (Å²) in [5.41, 5.74) is 1.03. The number of para-hydroxylation sites is 2. The van der Waals surface area contributed by atoms with Gasteiger partial charge in [0.2, 0.25) is 5.91 Å². The number of urea groups is 1. The molecule has 3 rings (SSSR count). The lowest BCUT2D eigenvalue weighted by atomic mass is 10.2. The Balaban J connectivity index is 1.65. The topological polar surface area (TPSA) is 61.9 Å². The summed E-state index contributed by atoms with van der Waals surface area (Å²) in [6, 6.07) is 10.8. The summed E-state index contributed by atoms with van der Waals surface area (Å²) in [4.78, 5) is 27.8. The van der Waals surface area contributed by atoms with Crippen molar-refractivity contribution < 1.29 is 18.7 Å². The van der Waals surface area contributed by atoms with Gasteiger partial charge in [0, 0.05) is 18.8 Å². The molecule has 0 unspecified atom stereocenters. The maximum Gasteiger partial charge on any atom is 0.325 e. The molecule has 1 aliphatic heterocycles. The van der Waals surface area contributed by atoms with Gasteiger partial charge in [-0.1, -0.05) is 23.7 Å². The Labute approximate surface area is 155 Å². The van der Waals surface area contributed by atoms with Crippen LogP contribution in [0.5, 0.6) is 5.75 Å². The molecule has 8 heteroatoms. The van der Waals surface area contributed by atoms with Crippen LogP contribution in [0.4, 0.5) is 20.6 Å². The highest BCUT2D eigenvalue weighted by molar-refractivity contribution is 6.31. The molecule has 1 heterocycles. The molecule has 0 spiro atoms. The van der Waals surface area contributed by atoms with Crippen molar-refractivity contribution in [3.63, 3.8) is 0 Å². The second-order valence-electron chi connectivity index (χ2n) is 5.70. The van der Waals surface area contributed by atoms with E-state index in [-0.39, 0.29) is 23.5 Å². The molecule has 2 aromatic rings. The van der Waals surface area contributed by atoms with Gasteiger partial charge in [-0.3, -0.25) is 9.69 Å². The van der Waals surface area contributed by atoms with Gasteiger partial charge in [-0.2, -0.15) is 0 Å². The first-order valence-corrected chi connectivity index (χ1v) is 8.31. The zero-order valence-corrected chi connectivity index (χ0v) is 14.8. The molecular weight excluding hydrogens is 361 g/mol. The van der Waals surface area contributed by atoms with Gasteiger partial charge in [0.05, 0.1) is 17.8 Å². The van der Waals surface area contributed by atoms with Crippen LogP contribution in [-0.4, -0.2) is 43.6 Å². The van der Waals surface area contributed by atoms with Gasteiger partial charge < -0.3 is 15.0 Å². The number of hydrogen-bond acceptors (Lipinski definition) is 3. The Morgan fingerprint density at radius 2 is 2.04 bits per heavy atom. The van der Waals surface area contributed by atoms with Crippen LogP contribution in [0, 0.1) is 5.82 Å². The Kier molecular flexibility index (Phi) is 5.27. The van der Waals surface area contributed by atoms with E-state index in [1.54, 1.807) is 24.1 Å². The summed E-state index contributed by atoms with van der Waals surface area (Å²) < 4.78 is 18.5. The van der Waals surface area contributed by atoms with Crippen molar-refractivity contribution in [1.29, 1.82) is 0 Å². The lowest BCUT2D eigenvalue weighted by Gasteiger charge is -2.20. The number of halogens is 2. The minimum absolute atomic E-state index is 0.0811. The summed E-state index contributed by atoms with van der Waals surface area (Å²) in [6.45, 7) is 0.753. The molecule has 1 saturated heterocycles. The Bertz CT molecular complexity index is 846. The van der Waals surface area contributed by atoms with Crippen molar-refractivity contribution in [3.8, 4) is 5.75 Å². The number of rotatable bonds is 5. The molecule has 2 aromatic carbocycles. The minimum Gasteiger partial charge on any atom is -0.495 e. The lowest BCUT2D eigenvalue weighted by molar-refractivity contribution is -0.116. The Morgan fingerprint density at radius 1 is 1.27 bits per heavy atom. The number of amides is 3. The van der Waals surface area contributed by atoms with E-state index in [4.69, 9.17) is 16.3 Å². The fourth-order valence-corrected chi connectivity index (χ4v) is 2.93. The standard InChI is InChI=1S/C18H17ClFN3O3/c1-26-16-5-3-2-4-15(16)23-9-8-22(18(23)25)11-17(24)21-12-6-7-14(20)13(19)10-12/h2-7,10H,8-9,11H2,1H3,(H,21,24). The van der Waals surface area contributed by atoms with Gasteiger partial charge in [0.15, 0.2) is 0 Å². The van der Waals surface area contributed by atoms with E-state index in [0.29, 0.717) is 30.2 Å². The van der Waals surface area contributed by atoms with E-state index >= 15 is 0 Å². The number of ether oxygens (including phenoxy) is 1. The largest absolute Gasteiger partial charge is 0.495 e. The van der Waals surface area contributed by atoms with Crippen molar-refractivity contribution in [2.24, 2.45) is 0 Å². The van der Waals surface area contributed by atoms with E-state index in [1.807, 2.05) is 12.1 Å². The summed E-state index contributed by atoms with van der Waals surface area (Å²) in [5.74, 6) is -0.358. The number of nitrogens with one attached hydrogen (secondary N) is 1. The maximum absolute atomic E-state index is 13.2. The molecule has 6 nitrogen and oxygen atoms in total. The number of carbonyl (C=O) groups excluding carboxylic acids is 2. The van der Waals surface area contributed by atoms with Gasteiger partial charge in [-0.05, 0) is 30.3 Å². The van der Waals surface area contributed by atoms with Crippen molar-refractivity contribution in [3.05, 3.63) is 53.3 Å². The second-order valence-corrected chi connectivity index (χ2v) is 6.11. The SMILES string of the molecule is COc1ccccc1N1CCN(CC(=O)Nc2ccc(F)c(Cl)c2)C1=O. The summed E-state index contributed by atoms with van der Waals surface area (Å²) in [7, 11) is 1.54. The van der Waals surface area contributed by atoms with Crippen LogP contribution in [-0.2, 0) is 4.79 Å². The molecule has 0 atom stereocenters. The molecule has 1 fully saturated rings. The molecular formula is C18H17ClFN3O3. The van der Waals surface area contributed by atoms with Crippen LogP contribution >= 0.6 is 11.6 Å². The first-order valence-electron chi connectivity index (χ1n) is 7.94. The van der Waals surface area contributed by atoms with E-state index < -0.39 is 5.82 Å². The van der Waals surface area contributed by atoms with Crippen molar-refractivity contribution in [1.82, 2.24) is 4.90 Å². The average molecular weight is 378 g/mol. The second kappa shape index (κ2) is 7.61. The summed E-state index contributed by atoms with van der Waals surface area (Å²) in [5, 5.41) is 2.53. The van der Waals surface area contributed by atoms with Crippen molar-refractivity contribution >= 4 is 34.9 Å². The van der Waals surface area contributed by atoms with Crippen LogP contribution in [0.1, 0.15) is 0 Å².